The molecular weight excluding hydrogens is 370 g/mol. The van der Waals surface area contributed by atoms with Crippen LogP contribution in [0.15, 0.2) is 41.0 Å². The zero-order valence-electron chi connectivity index (χ0n) is 16.7. The zero-order valence-corrected chi connectivity index (χ0v) is 16.7. The Labute approximate surface area is 170 Å². The molecule has 2 aromatic rings. The Balaban J connectivity index is 1.39. The summed E-state index contributed by atoms with van der Waals surface area (Å²) < 4.78 is 10.6. The van der Waals surface area contributed by atoms with E-state index in [1.165, 1.54) is 0 Å². The molecule has 0 saturated carbocycles. The summed E-state index contributed by atoms with van der Waals surface area (Å²) in [5.74, 6) is 1.53. The molecule has 154 valence electrons. The molecule has 0 bridgehead atoms. The molecule has 1 fully saturated rings. The number of hydrogen-bond acceptors (Lipinski definition) is 5. The fraction of sp³-hybridized carbons (Fsp3) is 0.455. The van der Waals surface area contributed by atoms with Gasteiger partial charge in [-0.1, -0.05) is 0 Å². The van der Waals surface area contributed by atoms with Gasteiger partial charge >= 0.3 is 0 Å². The normalized spacial score (nSPS) is 19.1. The van der Waals surface area contributed by atoms with E-state index >= 15 is 0 Å². The Bertz CT molecular complexity index is 865. The number of fused-ring (bicyclic) bond motifs is 1. The molecule has 4 rings (SSSR count). The summed E-state index contributed by atoms with van der Waals surface area (Å²) >= 11 is 0. The smallest absolute Gasteiger partial charge is 0.241 e. The summed E-state index contributed by atoms with van der Waals surface area (Å²) in [5, 5.41) is 2.92. The first-order valence-corrected chi connectivity index (χ1v) is 10.2. The van der Waals surface area contributed by atoms with Crippen molar-refractivity contribution < 1.29 is 18.7 Å². The number of furan rings is 1. The van der Waals surface area contributed by atoms with Crippen LogP contribution in [0.5, 0.6) is 5.75 Å². The third-order valence-electron chi connectivity index (χ3n) is 5.73. The van der Waals surface area contributed by atoms with Crippen LogP contribution in [0.3, 0.4) is 0 Å². The molecule has 29 heavy (non-hydrogen) atoms. The van der Waals surface area contributed by atoms with Crippen molar-refractivity contribution >= 4 is 17.5 Å². The number of likely N-dealkylation sites (tertiary alicyclic amines) is 1. The van der Waals surface area contributed by atoms with Crippen molar-refractivity contribution in [1.82, 2.24) is 10.2 Å². The lowest BCUT2D eigenvalue weighted by Gasteiger charge is -2.32. The van der Waals surface area contributed by atoms with Crippen molar-refractivity contribution in [1.29, 1.82) is 0 Å². The Kier molecular flexibility index (Phi) is 5.85. The number of aryl methyl sites for hydroxylation is 1. The van der Waals surface area contributed by atoms with Gasteiger partial charge in [-0.25, -0.2) is 0 Å². The highest BCUT2D eigenvalue weighted by atomic mass is 16.5. The van der Waals surface area contributed by atoms with Gasteiger partial charge in [-0.15, -0.1) is 0 Å². The second-order valence-corrected chi connectivity index (χ2v) is 7.57. The van der Waals surface area contributed by atoms with Crippen LogP contribution in [0.4, 0.5) is 5.69 Å². The van der Waals surface area contributed by atoms with Crippen LogP contribution in [0.25, 0.3) is 0 Å². The van der Waals surface area contributed by atoms with Gasteiger partial charge in [0.15, 0.2) is 0 Å². The highest BCUT2D eigenvalue weighted by Gasteiger charge is 2.33. The first-order valence-electron chi connectivity index (χ1n) is 10.2. The SMILES string of the molecule is COc1ccc2c(c1)CCCN2C(=O)CN1CCCC1C(=O)NCc1ccco1. The van der Waals surface area contributed by atoms with Gasteiger partial charge in [-0.3, -0.25) is 14.5 Å². The lowest BCUT2D eigenvalue weighted by Crippen LogP contribution is -2.48. The number of nitrogens with zero attached hydrogens (tertiary/aromatic N) is 2. The molecule has 3 heterocycles. The maximum atomic E-state index is 13.1. The van der Waals surface area contributed by atoms with Crippen LogP contribution in [0.1, 0.15) is 30.6 Å². The van der Waals surface area contributed by atoms with E-state index < -0.39 is 0 Å². The van der Waals surface area contributed by atoms with E-state index in [1.807, 2.05) is 34.1 Å². The second kappa shape index (κ2) is 8.69. The van der Waals surface area contributed by atoms with Crippen LogP contribution < -0.4 is 15.0 Å². The monoisotopic (exact) mass is 397 g/mol. The van der Waals surface area contributed by atoms with Gasteiger partial charge in [-0.2, -0.15) is 0 Å². The fourth-order valence-electron chi connectivity index (χ4n) is 4.24. The van der Waals surface area contributed by atoms with Gasteiger partial charge in [0.1, 0.15) is 11.5 Å². The van der Waals surface area contributed by atoms with E-state index in [9.17, 15) is 9.59 Å². The molecule has 1 unspecified atom stereocenters. The number of nitrogens with one attached hydrogen (secondary N) is 1. The molecule has 2 amide bonds. The lowest BCUT2D eigenvalue weighted by molar-refractivity contribution is -0.127. The molecule has 1 atom stereocenters. The average Bonchev–Trinajstić information content (AvgIpc) is 3.43. The maximum absolute atomic E-state index is 13.1. The van der Waals surface area contributed by atoms with E-state index in [0.717, 1.165) is 55.0 Å². The number of benzene rings is 1. The summed E-state index contributed by atoms with van der Waals surface area (Å²) in [7, 11) is 1.65. The molecule has 2 aliphatic heterocycles. The third kappa shape index (κ3) is 4.29. The Hall–Kier alpha value is -2.80. The molecule has 1 aromatic carbocycles. The van der Waals surface area contributed by atoms with Crippen molar-refractivity contribution in [3.63, 3.8) is 0 Å². The third-order valence-corrected chi connectivity index (χ3v) is 5.73. The van der Waals surface area contributed by atoms with Crippen LogP contribution in [0, 0.1) is 0 Å². The molecule has 1 N–H and O–H groups in total. The average molecular weight is 397 g/mol. The van der Waals surface area contributed by atoms with Crippen molar-refractivity contribution in [2.75, 3.05) is 31.6 Å². The largest absolute Gasteiger partial charge is 0.497 e. The van der Waals surface area contributed by atoms with Crippen LogP contribution in [0.2, 0.25) is 0 Å². The Morgan fingerprint density at radius 3 is 2.93 bits per heavy atom. The quantitative estimate of drug-likeness (QED) is 0.810. The molecule has 7 nitrogen and oxygen atoms in total. The summed E-state index contributed by atoms with van der Waals surface area (Å²) in [6.45, 7) is 2.09. The number of ether oxygens (including phenoxy) is 1. The number of carbonyl (C=O) groups is 2. The number of anilines is 1. The summed E-state index contributed by atoms with van der Waals surface area (Å²) in [4.78, 5) is 29.6. The minimum Gasteiger partial charge on any atom is -0.497 e. The highest BCUT2D eigenvalue weighted by Crippen LogP contribution is 2.31. The number of hydrogen-bond donors (Lipinski definition) is 1. The lowest BCUT2D eigenvalue weighted by atomic mass is 10.0. The summed E-state index contributed by atoms with van der Waals surface area (Å²) in [5.41, 5.74) is 2.10. The van der Waals surface area contributed by atoms with E-state index in [1.54, 1.807) is 19.4 Å². The van der Waals surface area contributed by atoms with E-state index in [0.29, 0.717) is 13.1 Å². The van der Waals surface area contributed by atoms with Crippen LogP contribution in [-0.4, -0.2) is 49.5 Å². The van der Waals surface area contributed by atoms with Crippen LogP contribution in [-0.2, 0) is 22.6 Å². The van der Waals surface area contributed by atoms with Crippen LogP contribution >= 0.6 is 0 Å². The molecule has 2 aliphatic rings. The van der Waals surface area contributed by atoms with Gasteiger partial charge in [0, 0.05) is 12.2 Å². The van der Waals surface area contributed by atoms with E-state index in [4.69, 9.17) is 9.15 Å². The topological polar surface area (TPSA) is 75.0 Å². The van der Waals surface area contributed by atoms with Gasteiger partial charge < -0.3 is 19.4 Å². The molecule has 7 heteroatoms. The molecule has 1 aromatic heterocycles. The number of amides is 2. The Morgan fingerprint density at radius 2 is 2.14 bits per heavy atom. The molecule has 0 radical (unpaired) electrons. The minimum atomic E-state index is -0.269. The zero-order chi connectivity index (χ0) is 20.2. The maximum Gasteiger partial charge on any atom is 0.241 e. The highest BCUT2D eigenvalue weighted by molar-refractivity contribution is 5.96. The standard InChI is InChI=1S/C22H27N3O4/c1-28-17-8-9-19-16(13-17)5-2-11-25(19)21(26)15-24-10-3-7-20(24)22(27)23-14-18-6-4-12-29-18/h4,6,8-9,12-13,20H,2-3,5,7,10-11,14-15H2,1H3,(H,23,27). The molecule has 1 saturated heterocycles. The fourth-order valence-corrected chi connectivity index (χ4v) is 4.24. The van der Waals surface area contributed by atoms with Gasteiger partial charge in [0.05, 0.1) is 32.5 Å². The summed E-state index contributed by atoms with van der Waals surface area (Å²) in [6, 6.07) is 9.23. The molecular formula is C22H27N3O4. The van der Waals surface area contributed by atoms with Crippen molar-refractivity contribution in [3.8, 4) is 5.75 Å². The molecule has 0 spiro atoms. The predicted molar refractivity (Wildman–Crippen MR) is 109 cm³/mol. The number of methoxy groups -OCH3 is 1. The number of carbonyl (C=O) groups excluding carboxylic acids is 2. The minimum absolute atomic E-state index is 0.0434. The number of rotatable bonds is 6. The second-order valence-electron chi connectivity index (χ2n) is 7.57. The molecule has 0 aliphatic carbocycles. The van der Waals surface area contributed by atoms with Gasteiger partial charge in [-0.05, 0) is 68.1 Å². The van der Waals surface area contributed by atoms with E-state index in [-0.39, 0.29) is 24.4 Å². The van der Waals surface area contributed by atoms with Gasteiger partial charge in [0.2, 0.25) is 11.8 Å². The first-order chi connectivity index (χ1) is 14.2. The van der Waals surface area contributed by atoms with Crippen molar-refractivity contribution in [2.24, 2.45) is 0 Å². The summed E-state index contributed by atoms with van der Waals surface area (Å²) in [6.07, 6.45) is 5.15. The van der Waals surface area contributed by atoms with Gasteiger partial charge in [0.25, 0.3) is 0 Å². The van der Waals surface area contributed by atoms with E-state index in [2.05, 4.69) is 5.32 Å². The Morgan fingerprint density at radius 1 is 1.24 bits per heavy atom. The van der Waals surface area contributed by atoms with Crippen molar-refractivity contribution in [2.45, 2.75) is 38.3 Å². The first kappa shape index (κ1) is 19.5. The predicted octanol–water partition coefficient (Wildman–Crippen LogP) is 2.35. The van der Waals surface area contributed by atoms with Crippen molar-refractivity contribution in [3.05, 3.63) is 47.9 Å².